The molecule has 10 heteroatoms. The first-order valence-corrected chi connectivity index (χ1v) is 7.20. The van der Waals surface area contributed by atoms with Gasteiger partial charge in [0.25, 0.3) is 10.0 Å². The van der Waals surface area contributed by atoms with E-state index in [0.29, 0.717) is 6.07 Å². The lowest BCUT2D eigenvalue weighted by Crippen LogP contribution is -2.15. The largest absolute Gasteiger partial charge is 0.478 e. The van der Waals surface area contributed by atoms with Crippen molar-refractivity contribution in [2.45, 2.75) is 4.90 Å². The number of benzene rings is 1. The molecule has 0 atom stereocenters. The Morgan fingerprint density at radius 1 is 1.38 bits per heavy atom. The second kappa shape index (κ2) is 5.62. The maximum atomic E-state index is 13.6. The second-order valence-corrected chi connectivity index (χ2v) is 5.85. The van der Waals surface area contributed by atoms with E-state index in [2.05, 4.69) is 10.2 Å². The molecule has 0 radical (unpaired) electrons. The fourth-order valence-electron chi connectivity index (χ4n) is 1.43. The molecule has 1 aromatic heterocycles. The highest BCUT2D eigenvalue weighted by Crippen LogP contribution is 2.25. The highest BCUT2D eigenvalue weighted by atomic mass is 35.5. The van der Waals surface area contributed by atoms with Crippen molar-refractivity contribution in [3.8, 4) is 0 Å². The van der Waals surface area contributed by atoms with Crippen LogP contribution in [0.1, 0.15) is 10.4 Å². The number of carboxylic acids is 1. The van der Waals surface area contributed by atoms with E-state index >= 15 is 0 Å². The Morgan fingerprint density at radius 3 is 2.67 bits per heavy atom. The number of anilines is 1. The van der Waals surface area contributed by atoms with Crippen LogP contribution in [-0.4, -0.2) is 29.7 Å². The van der Waals surface area contributed by atoms with Crippen molar-refractivity contribution >= 4 is 33.4 Å². The van der Waals surface area contributed by atoms with Gasteiger partial charge in [-0.25, -0.2) is 17.6 Å². The molecule has 2 aromatic rings. The van der Waals surface area contributed by atoms with Gasteiger partial charge in [-0.1, -0.05) is 11.6 Å². The van der Waals surface area contributed by atoms with Crippen LogP contribution in [0.4, 0.5) is 10.2 Å². The highest BCUT2D eigenvalue weighted by molar-refractivity contribution is 7.92. The Balaban J connectivity index is 2.48. The number of hydrogen-bond donors (Lipinski definition) is 2. The van der Waals surface area contributed by atoms with Crippen molar-refractivity contribution in [2.75, 3.05) is 4.72 Å². The van der Waals surface area contributed by atoms with E-state index in [0.717, 1.165) is 6.07 Å². The predicted molar refractivity (Wildman–Crippen MR) is 71.2 cm³/mol. The maximum absolute atomic E-state index is 13.6. The second-order valence-electron chi connectivity index (χ2n) is 3.79. The van der Waals surface area contributed by atoms with Gasteiger partial charge < -0.3 is 5.11 Å². The van der Waals surface area contributed by atoms with Crippen molar-refractivity contribution < 1.29 is 22.7 Å². The molecule has 0 aliphatic rings. The number of hydrogen-bond acceptors (Lipinski definition) is 5. The van der Waals surface area contributed by atoms with E-state index in [1.807, 2.05) is 4.72 Å². The Labute approximate surface area is 123 Å². The Morgan fingerprint density at radius 2 is 2.10 bits per heavy atom. The quantitative estimate of drug-likeness (QED) is 0.883. The normalized spacial score (nSPS) is 11.1. The third kappa shape index (κ3) is 3.26. The summed E-state index contributed by atoms with van der Waals surface area (Å²) in [6.07, 6.45) is 1.34. The fraction of sp³-hybridized carbons (Fsp3) is 0. The van der Waals surface area contributed by atoms with Crippen molar-refractivity contribution in [2.24, 2.45) is 0 Å². The van der Waals surface area contributed by atoms with E-state index < -0.39 is 37.3 Å². The minimum Gasteiger partial charge on any atom is -0.478 e. The molecule has 0 bridgehead atoms. The topological polar surface area (TPSA) is 109 Å². The maximum Gasteiger partial charge on any atom is 0.337 e. The van der Waals surface area contributed by atoms with Crippen LogP contribution in [0.5, 0.6) is 0 Å². The molecule has 0 unspecified atom stereocenters. The lowest BCUT2D eigenvalue weighted by atomic mass is 10.2. The molecule has 7 nitrogen and oxygen atoms in total. The molecule has 0 aliphatic carbocycles. The summed E-state index contributed by atoms with van der Waals surface area (Å²) in [6.45, 7) is 0. The van der Waals surface area contributed by atoms with Crippen LogP contribution in [0.2, 0.25) is 5.02 Å². The average Bonchev–Trinajstić information content (AvgIpc) is 2.41. The van der Waals surface area contributed by atoms with E-state index in [1.54, 1.807) is 0 Å². The van der Waals surface area contributed by atoms with Gasteiger partial charge in [-0.2, -0.15) is 5.10 Å². The Kier molecular flexibility index (Phi) is 4.05. The standard InChI is InChI=1S/C11H7ClFN3O4S/c12-10-7(11(17)18)4-6(5-8(10)13)21(19,20)16-9-2-1-3-14-15-9/h1-5H,(H,15,16)(H,17,18). The van der Waals surface area contributed by atoms with Gasteiger partial charge >= 0.3 is 5.97 Å². The Hall–Kier alpha value is -2.26. The van der Waals surface area contributed by atoms with Crippen LogP contribution in [0.15, 0.2) is 35.4 Å². The zero-order valence-corrected chi connectivity index (χ0v) is 11.7. The molecule has 2 N–H and O–H groups in total. The summed E-state index contributed by atoms with van der Waals surface area (Å²) in [5, 5.41) is 15.2. The number of carbonyl (C=O) groups is 1. The van der Waals surface area contributed by atoms with Crippen LogP contribution >= 0.6 is 11.6 Å². The van der Waals surface area contributed by atoms with Crippen molar-refractivity contribution in [1.82, 2.24) is 10.2 Å². The van der Waals surface area contributed by atoms with Crippen molar-refractivity contribution in [1.29, 1.82) is 0 Å². The van der Waals surface area contributed by atoms with Crippen LogP contribution in [0.25, 0.3) is 0 Å². The van der Waals surface area contributed by atoms with Gasteiger partial charge in [-0.3, -0.25) is 4.72 Å². The molecule has 2 rings (SSSR count). The third-order valence-corrected chi connectivity index (χ3v) is 4.07. The lowest BCUT2D eigenvalue weighted by Gasteiger charge is -2.08. The van der Waals surface area contributed by atoms with Gasteiger partial charge in [0.15, 0.2) is 5.82 Å². The zero-order valence-electron chi connectivity index (χ0n) is 10.1. The molecule has 1 aromatic carbocycles. The molecule has 0 saturated heterocycles. The minimum absolute atomic E-state index is 0.0928. The molecular formula is C11H7ClFN3O4S. The molecule has 0 spiro atoms. The summed E-state index contributed by atoms with van der Waals surface area (Å²) in [5.41, 5.74) is -0.656. The van der Waals surface area contributed by atoms with Crippen LogP contribution in [0, 0.1) is 5.82 Å². The number of rotatable bonds is 4. The van der Waals surface area contributed by atoms with Gasteiger partial charge in [0.05, 0.1) is 15.5 Å². The average molecular weight is 332 g/mol. The number of carboxylic acid groups (broad SMARTS) is 1. The predicted octanol–water partition coefficient (Wildman–Crippen LogP) is 1.77. The van der Waals surface area contributed by atoms with Crippen molar-refractivity contribution in [3.05, 3.63) is 46.9 Å². The molecular weight excluding hydrogens is 325 g/mol. The third-order valence-electron chi connectivity index (χ3n) is 2.35. The summed E-state index contributed by atoms with van der Waals surface area (Å²) in [5.74, 6) is -2.80. The molecule has 0 saturated carbocycles. The molecule has 0 amide bonds. The summed E-state index contributed by atoms with van der Waals surface area (Å²) >= 11 is 5.48. The van der Waals surface area contributed by atoms with E-state index in [4.69, 9.17) is 16.7 Å². The number of aromatic carboxylic acids is 1. The number of halogens is 2. The van der Waals surface area contributed by atoms with Crippen LogP contribution < -0.4 is 4.72 Å². The highest BCUT2D eigenvalue weighted by Gasteiger charge is 2.22. The van der Waals surface area contributed by atoms with E-state index in [9.17, 15) is 17.6 Å². The number of nitrogens with zero attached hydrogens (tertiary/aromatic N) is 2. The number of sulfonamides is 1. The van der Waals surface area contributed by atoms with Gasteiger partial charge in [0.2, 0.25) is 0 Å². The Bertz CT molecular complexity index is 799. The fourth-order valence-corrected chi connectivity index (χ4v) is 2.65. The summed E-state index contributed by atoms with van der Waals surface area (Å²) in [7, 11) is -4.22. The lowest BCUT2D eigenvalue weighted by molar-refractivity contribution is 0.0696. The molecule has 0 aliphatic heterocycles. The van der Waals surface area contributed by atoms with Crippen molar-refractivity contribution in [3.63, 3.8) is 0 Å². The monoisotopic (exact) mass is 331 g/mol. The van der Waals surface area contributed by atoms with Gasteiger partial charge in [-0.15, -0.1) is 5.10 Å². The van der Waals surface area contributed by atoms with Crippen LogP contribution in [-0.2, 0) is 10.0 Å². The van der Waals surface area contributed by atoms with Gasteiger partial charge in [0, 0.05) is 6.20 Å². The van der Waals surface area contributed by atoms with E-state index in [1.165, 1.54) is 18.3 Å². The first kappa shape index (κ1) is 15.1. The molecule has 110 valence electrons. The molecule has 0 fully saturated rings. The van der Waals surface area contributed by atoms with Crippen LogP contribution in [0.3, 0.4) is 0 Å². The summed E-state index contributed by atoms with van der Waals surface area (Å²) in [4.78, 5) is 10.3. The zero-order chi connectivity index (χ0) is 15.6. The first-order chi connectivity index (χ1) is 9.81. The molecule has 1 heterocycles. The number of aromatic nitrogens is 2. The number of nitrogens with one attached hydrogen (secondary N) is 1. The first-order valence-electron chi connectivity index (χ1n) is 5.34. The van der Waals surface area contributed by atoms with E-state index in [-0.39, 0.29) is 5.82 Å². The smallest absolute Gasteiger partial charge is 0.337 e. The summed E-state index contributed by atoms with van der Waals surface area (Å²) in [6, 6.07) is 4.14. The molecule has 21 heavy (non-hydrogen) atoms. The minimum atomic E-state index is -4.22. The SMILES string of the molecule is O=C(O)c1cc(S(=O)(=O)Nc2cccnn2)cc(F)c1Cl. The summed E-state index contributed by atoms with van der Waals surface area (Å²) < 4.78 is 39.7. The van der Waals surface area contributed by atoms with Gasteiger partial charge in [-0.05, 0) is 24.3 Å². The van der Waals surface area contributed by atoms with Gasteiger partial charge in [0.1, 0.15) is 5.82 Å².